The summed E-state index contributed by atoms with van der Waals surface area (Å²) < 4.78 is 2.23. The first-order valence-corrected chi connectivity index (χ1v) is 10.5. The maximum absolute atomic E-state index is 6.00. The van der Waals surface area contributed by atoms with Crippen LogP contribution in [0.4, 0.5) is 0 Å². The Morgan fingerprint density at radius 3 is 2.82 bits per heavy atom. The first kappa shape index (κ1) is 19.2. The van der Waals surface area contributed by atoms with Crippen molar-refractivity contribution in [1.82, 2.24) is 19.4 Å². The lowest BCUT2D eigenvalue weighted by Crippen LogP contribution is -2.35. The van der Waals surface area contributed by atoms with Gasteiger partial charge < -0.3 is 4.57 Å². The minimum atomic E-state index is 0.490. The van der Waals surface area contributed by atoms with Gasteiger partial charge in [-0.05, 0) is 56.1 Å². The predicted molar refractivity (Wildman–Crippen MR) is 114 cm³/mol. The summed E-state index contributed by atoms with van der Waals surface area (Å²) in [6.07, 6.45) is 7.23. The molecule has 1 fully saturated rings. The van der Waals surface area contributed by atoms with Gasteiger partial charge in [-0.25, -0.2) is 4.98 Å². The van der Waals surface area contributed by atoms with Gasteiger partial charge >= 0.3 is 0 Å². The van der Waals surface area contributed by atoms with Crippen molar-refractivity contribution in [3.63, 3.8) is 0 Å². The Morgan fingerprint density at radius 2 is 2.00 bits per heavy atom. The largest absolute Gasteiger partial charge is 0.334 e. The number of likely N-dealkylation sites (tertiary alicyclic amines) is 1. The minimum Gasteiger partial charge on any atom is -0.334 e. The Kier molecular flexibility index (Phi) is 6.08. The molecule has 146 valence electrons. The number of aryl methyl sites for hydroxylation is 1. The van der Waals surface area contributed by atoms with E-state index in [-0.39, 0.29) is 0 Å². The van der Waals surface area contributed by atoms with Gasteiger partial charge in [0.2, 0.25) is 0 Å². The zero-order valence-corrected chi connectivity index (χ0v) is 17.1. The van der Waals surface area contributed by atoms with Crippen LogP contribution in [0.5, 0.6) is 0 Å². The third-order valence-corrected chi connectivity index (χ3v) is 5.81. The van der Waals surface area contributed by atoms with Crippen molar-refractivity contribution in [2.24, 2.45) is 0 Å². The lowest BCUT2D eigenvalue weighted by atomic mass is 9.94. The molecule has 0 amide bonds. The van der Waals surface area contributed by atoms with Crippen LogP contribution in [-0.2, 0) is 19.5 Å². The summed E-state index contributed by atoms with van der Waals surface area (Å²) in [6.45, 7) is 6.24. The number of halogens is 1. The summed E-state index contributed by atoms with van der Waals surface area (Å²) in [5.74, 6) is 1.65. The van der Waals surface area contributed by atoms with E-state index in [2.05, 4.69) is 57.9 Å². The van der Waals surface area contributed by atoms with Crippen molar-refractivity contribution in [3.05, 3.63) is 82.7 Å². The van der Waals surface area contributed by atoms with E-state index < -0.39 is 0 Å². The number of rotatable bonds is 6. The van der Waals surface area contributed by atoms with Crippen molar-refractivity contribution in [3.8, 4) is 0 Å². The number of nitrogens with zero attached hydrogens (tertiary/aromatic N) is 4. The lowest BCUT2D eigenvalue weighted by molar-refractivity contribution is 0.192. The molecule has 0 saturated carbocycles. The van der Waals surface area contributed by atoms with Crippen LogP contribution in [0.25, 0.3) is 0 Å². The van der Waals surface area contributed by atoms with Gasteiger partial charge in [-0.15, -0.1) is 0 Å². The van der Waals surface area contributed by atoms with Crippen LogP contribution in [0.1, 0.15) is 48.5 Å². The summed E-state index contributed by atoms with van der Waals surface area (Å²) in [7, 11) is 0. The first-order valence-electron chi connectivity index (χ1n) is 10.1. The fraction of sp³-hybridized carbons (Fsp3) is 0.391. The molecule has 5 heteroatoms. The molecule has 1 saturated heterocycles. The number of hydrogen-bond acceptors (Lipinski definition) is 3. The number of pyridine rings is 1. The molecule has 3 heterocycles. The van der Waals surface area contributed by atoms with E-state index in [1.165, 1.54) is 24.1 Å². The van der Waals surface area contributed by atoms with E-state index >= 15 is 0 Å². The molecule has 28 heavy (non-hydrogen) atoms. The highest BCUT2D eigenvalue weighted by Gasteiger charge is 2.23. The molecule has 0 spiro atoms. The molecular formula is C23H27ClN4. The summed E-state index contributed by atoms with van der Waals surface area (Å²) in [4.78, 5) is 12.1. The molecule has 1 atom stereocenters. The molecule has 4 nitrogen and oxygen atoms in total. The van der Waals surface area contributed by atoms with Gasteiger partial charge in [0.15, 0.2) is 0 Å². The molecule has 0 radical (unpaired) electrons. The number of piperidine rings is 1. The van der Waals surface area contributed by atoms with Crippen molar-refractivity contribution < 1.29 is 0 Å². The fourth-order valence-corrected chi connectivity index (χ4v) is 4.18. The van der Waals surface area contributed by atoms with E-state index in [1.54, 1.807) is 0 Å². The van der Waals surface area contributed by atoms with Gasteiger partial charge in [0.25, 0.3) is 0 Å². The normalized spacial score (nSPS) is 17.7. The molecular weight excluding hydrogens is 368 g/mol. The first-order chi connectivity index (χ1) is 13.7. The zero-order chi connectivity index (χ0) is 19.3. The third-order valence-electron chi connectivity index (χ3n) is 5.56. The molecule has 3 aromatic rings. The summed E-state index contributed by atoms with van der Waals surface area (Å²) in [5.41, 5.74) is 3.58. The van der Waals surface area contributed by atoms with E-state index in [0.717, 1.165) is 49.1 Å². The second kappa shape index (κ2) is 8.89. The van der Waals surface area contributed by atoms with Crippen LogP contribution in [-0.4, -0.2) is 32.5 Å². The Balaban J connectivity index is 1.44. The highest BCUT2D eigenvalue weighted by atomic mass is 35.5. The Morgan fingerprint density at radius 1 is 1.14 bits per heavy atom. The topological polar surface area (TPSA) is 34.0 Å². The molecule has 1 aliphatic rings. The van der Waals surface area contributed by atoms with Crippen LogP contribution in [0.2, 0.25) is 5.02 Å². The van der Waals surface area contributed by atoms with Crippen molar-refractivity contribution in [2.75, 3.05) is 13.1 Å². The molecule has 0 bridgehead atoms. The van der Waals surface area contributed by atoms with Crippen LogP contribution in [0.15, 0.2) is 54.9 Å². The monoisotopic (exact) mass is 394 g/mol. The van der Waals surface area contributed by atoms with E-state index in [4.69, 9.17) is 16.6 Å². The lowest BCUT2D eigenvalue weighted by Gasteiger charge is -2.32. The average Bonchev–Trinajstić information content (AvgIpc) is 3.17. The highest BCUT2D eigenvalue weighted by molar-refractivity contribution is 6.30. The second-order valence-corrected chi connectivity index (χ2v) is 8.00. The summed E-state index contributed by atoms with van der Waals surface area (Å²) in [5, 5.41) is 0.775. The van der Waals surface area contributed by atoms with Gasteiger partial charge in [-0.2, -0.15) is 0 Å². The quantitative estimate of drug-likeness (QED) is 0.595. The van der Waals surface area contributed by atoms with Crippen molar-refractivity contribution in [2.45, 2.75) is 45.2 Å². The number of aromatic nitrogens is 3. The maximum atomic E-state index is 6.00. The van der Waals surface area contributed by atoms with Crippen LogP contribution < -0.4 is 0 Å². The van der Waals surface area contributed by atoms with Crippen LogP contribution in [0.3, 0.4) is 0 Å². The second-order valence-electron chi connectivity index (χ2n) is 7.56. The SMILES string of the molecule is CCn1ccnc1CN1CCC[C@@H](c2cccc(Cc3ccc(Cl)cc3)n2)C1. The van der Waals surface area contributed by atoms with E-state index in [9.17, 15) is 0 Å². The molecule has 0 unspecified atom stereocenters. The molecule has 2 aromatic heterocycles. The Bertz CT molecular complexity index is 903. The van der Waals surface area contributed by atoms with Crippen LogP contribution >= 0.6 is 11.6 Å². The van der Waals surface area contributed by atoms with Crippen molar-refractivity contribution in [1.29, 1.82) is 0 Å². The molecule has 1 aromatic carbocycles. The van der Waals surface area contributed by atoms with Gasteiger partial charge in [0.05, 0.1) is 6.54 Å². The molecule has 0 N–H and O–H groups in total. The fourth-order valence-electron chi connectivity index (χ4n) is 4.06. The van der Waals surface area contributed by atoms with Gasteiger partial charge in [-0.1, -0.05) is 29.8 Å². The van der Waals surface area contributed by atoms with Gasteiger partial charge in [0.1, 0.15) is 5.82 Å². The third kappa shape index (κ3) is 4.62. The number of hydrogen-bond donors (Lipinski definition) is 0. The Labute approximate surface area is 172 Å². The van der Waals surface area contributed by atoms with Gasteiger partial charge in [0, 0.05) is 54.2 Å². The zero-order valence-electron chi connectivity index (χ0n) is 16.4. The number of benzene rings is 1. The predicted octanol–water partition coefficient (Wildman–Crippen LogP) is 4.92. The minimum absolute atomic E-state index is 0.490. The highest BCUT2D eigenvalue weighted by Crippen LogP contribution is 2.27. The van der Waals surface area contributed by atoms with Crippen LogP contribution in [0, 0.1) is 0 Å². The van der Waals surface area contributed by atoms with Crippen molar-refractivity contribution >= 4 is 11.6 Å². The smallest absolute Gasteiger partial charge is 0.122 e. The molecule has 1 aliphatic heterocycles. The summed E-state index contributed by atoms with van der Waals surface area (Å²) in [6, 6.07) is 14.5. The van der Waals surface area contributed by atoms with E-state index in [0.29, 0.717) is 5.92 Å². The van der Waals surface area contributed by atoms with Gasteiger partial charge in [-0.3, -0.25) is 9.88 Å². The molecule has 4 rings (SSSR count). The Hall–Kier alpha value is -2.17. The summed E-state index contributed by atoms with van der Waals surface area (Å²) >= 11 is 6.00. The van der Waals surface area contributed by atoms with E-state index in [1.807, 2.05) is 18.3 Å². The number of imidazole rings is 1. The standard InChI is InChI=1S/C23H27ClN4/c1-2-28-14-12-25-23(28)17-27-13-4-5-19(16-27)22-7-3-6-21(26-22)15-18-8-10-20(24)11-9-18/h3,6-12,14,19H,2,4-5,13,15-17H2,1H3/t19-/m1/s1. The average molecular weight is 395 g/mol. The molecule has 0 aliphatic carbocycles. The maximum Gasteiger partial charge on any atom is 0.122 e.